The van der Waals surface area contributed by atoms with E-state index < -0.39 is 12.8 Å². The first-order valence-corrected chi connectivity index (χ1v) is 5.52. The molecule has 0 saturated carbocycles. The molecule has 0 fully saturated rings. The number of alkyl halides is 3. The highest BCUT2D eigenvalue weighted by Crippen LogP contribution is 2.13. The quantitative estimate of drug-likeness (QED) is 0.539. The van der Waals surface area contributed by atoms with Crippen molar-refractivity contribution in [3.63, 3.8) is 0 Å². The number of unbranched alkanes of at least 4 members (excludes halogenated alkanes) is 1. The van der Waals surface area contributed by atoms with Gasteiger partial charge in [-0.1, -0.05) is 13.3 Å². The van der Waals surface area contributed by atoms with Crippen LogP contribution in [-0.4, -0.2) is 37.6 Å². The molecule has 16 heavy (non-hydrogen) atoms. The van der Waals surface area contributed by atoms with Crippen LogP contribution in [0.15, 0.2) is 0 Å². The van der Waals surface area contributed by atoms with Gasteiger partial charge >= 0.3 is 6.18 Å². The maximum Gasteiger partial charge on any atom is 0.411 e. The third kappa shape index (κ3) is 11.5. The van der Waals surface area contributed by atoms with Crippen LogP contribution in [0.5, 0.6) is 0 Å². The van der Waals surface area contributed by atoms with Gasteiger partial charge in [0.25, 0.3) is 0 Å². The van der Waals surface area contributed by atoms with Crippen molar-refractivity contribution < 1.29 is 17.9 Å². The monoisotopic (exact) mass is 258 g/mol. The summed E-state index contributed by atoms with van der Waals surface area (Å²) in [5.41, 5.74) is 0. The summed E-state index contributed by atoms with van der Waals surface area (Å²) in [6.45, 7) is 1.86. The maximum atomic E-state index is 11.7. The zero-order valence-corrected chi connectivity index (χ0v) is 10.0. The van der Waals surface area contributed by atoms with E-state index in [-0.39, 0.29) is 13.2 Å². The molecule has 96 valence electrons. The number of halogens is 3. The van der Waals surface area contributed by atoms with E-state index in [1.165, 1.54) is 0 Å². The number of nitrogens with one attached hydrogen (secondary N) is 2. The second-order valence-corrected chi connectivity index (χ2v) is 3.61. The van der Waals surface area contributed by atoms with Gasteiger partial charge in [-0.2, -0.15) is 13.2 Å². The highest BCUT2D eigenvalue weighted by molar-refractivity contribution is 7.80. The first-order valence-electron chi connectivity index (χ1n) is 5.12. The molecular weight excluding hydrogens is 241 g/mol. The molecule has 0 aromatic heterocycles. The zero-order chi connectivity index (χ0) is 12.4. The summed E-state index contributed by atoms with van der Waals surface area (Å²) in [7, 11) is 0. The first kappa shape index (κ1) is 15.4. The van der Waals surface area contributed by atoms with Crippen LogP contribution < -0.4 is 10.6 Å². The molecule has 0 aromatic rings. The number of hydrogen-bond donors (Lipinski definition) is 2. The molecular formula is C9H17F3N2OS. The Morgan fingerprint density at radius 3 is 2.44 bits per heavy atom. The van der Waals surface area contributed by atoms with Crippen molar-refractivity contribution in [1.29, 1.82) is 0 Å². The SMILES string of the molecule is CCCCNC(=S)NCCOCC(F)(F)F. The third-order valence-electron chi connectivity index (χ3n) is 1.61. The molecule has 0 aliphatic heterocycles. The minimum atomic E-state index is -4.26. The second kappa shape index (κ2) is 8.58. The normalized spacial score (nSPS) is 11.2. The van der Waals surface area contributed by atoms with Crippen molar-refractivity contribution in [1.82, 2.24) is 10.6 Å². The molecule has 3 nitrogen and oxygen atoms in total. The molecule has 0 aliphatic rings. The summed E-state index contributed by atoms with van der Waals surface area (Å²) in [4.78, 5) is 0. The predicted octanol–water partition coefficient (Wildman–Crippen LogP) is 1.83. The fourth-order valence-corrected chi connectivity index (χ4v) is 1.07. The van der Waals surface area contributed by atoms with Gasteiger partial charge < -0.3 is 15.4 Å². The average molecular weight is 258 g/mol. The highest BCUT2D eigenvalue weighted by Gasteiger charge is 2.27. The van der Waals surface area contributed by atoms with E-state index in [4.69, 9.17) is 12.2 Å². The molecule has 0 atom stereocenters. The van der Waals surface area contributed by atoms with Crippen molar-refractivity contribution in [2.45, 2.75) is 25.9 Å². The lowest BCUT2D eigenvalue weighted by atomic mass is 10.3. The van der Waals surface area contributed by atoms with Crippen LogP contribution in [0.1, 0.15) is 19.8 Å². The van der Waals surface area contributed by atoms with Crippen LogP contribution in [0, 0.1) is 0 Å². The fraction of sp³-hybridized carbons (Fsp3) is 0.889. The van der Waals surface area contributed by atoms with Crippen molar-refractivity contribution in [3.8, 4) is 0 Å². The minimum Gasteiger partial charge on any atom is -0.370 e. The van der Waals surface area contributed by atoms with Crippen LogP contribution in [0.4, 0.5) is 13.2 Å². The summed E-state index contributed by atoms with van der Waals surface area (Å²) >= 11 is 4.89. The third-order valence-corrected chi connectivity index (χ3v) is 1.90. The highest BCUT2D eigenvalue weighted by atomic mass is 32.1. The lowest BCUT2D eigenvalue weighted by Crippen LogP contribution is -2.37. The van der Waals surface area contributed by atoms with Gasteiger partial charge in [0.15, 0.2) is 5.11 Å². The minimum absolute atomic E-state index is 0.0187. The number of thiocarbonyl (C=S) groups is 1. The molecule has 0 aromatic carbocycles. The summed E-state index contributed by atoms with van der Waals surface area (Å²) in [6, 6.07) is 0. The summed E-state index contributed by atoms with van der Waals surface area (Å²) < 4.78 is 39.4. The van der Waals surface area contributed by atoms with Crippen LogP contribution >= 0.6 is 12.2 Å². The zero-order valence-electron chi connectivity index (χ0n) is 9.19. The summed E-state index contributed by atoms with van der Waals surface area (Å²) in [5, 5.41) is 6.14. The lowest BCUT2D eigenvalue weighted by molar-refractivity contribution is -0.173. The summed E-state index contributed by atoms with van der Waals surface area (Å²) in [5.74, 6) is 0. The Hall–Kier alpha value is -0.560. The molecule has 0 saturated heterocycles. The van der Waals surface area contributed by atoms with Crippen molar-refractivity contribution in [2.75, 3.05) is 26.3 Å². The van der Waals surface area contributed by atoms with Crippen LogP contribution in [0.25, 0.3) is 0 Å². The van der Waals surface area contributed by atoms with Gasteiger partial charge in [0, 0.05) is 13.1 Å². The Morgan fingerprint density at radius 1 is 1.25 bits per heavy atom. The second-order valence-electron chi connectivity index (χ2n) is 3.20. The van der Waals surface area contributed by atoms with E-state index in [0.717, 1.165) is 19.4 Å². The van der Waals surface area contributed by atoms with E-state index in [9.17, 15) is 13.2 Å². The first-order chi connectivity index (χ1) is 7.45. The van der Waals surface area contributed by atoms with Crippen molar-refractivity contribution in [2.24, 2.45) is 0 Å². The van der Waals surface area contributed by atoms with Crippen molar-refractivity contribution >= 4 is 17.3 Å². The van der Waals surface area contributed by atoms with Gasteiger partial charge in [0.05, 0.1) is 6.61 Å². The molecule has 0 amide bonds. The molecule has 0 bridgehead atoms. The van der Waals surface area contributed by atoms with E-state index in [1.54, 1.807) is 0 Å². The number of rotatable bonds is 7. The van der Waals surface area contributed by atoms with E-state index in [1.807, 2.05) is 0 Å². The maximum absolute atomic E-state index is 11.7. The Kier molecular flexibility index (Phi) is 8.28. The van der Waals surface area contributed by atoms with Crippen LogP contribution in [0.2, 0.25) is 0 Å². The van der Waals surface area contributed by atoms with Gasteiger partial charge in [-0.15, -0.1) is 0 Å². The van der Waals surface area contributed by atoms with Gasteiger partial charge in [0.2, 0.25) is 0 Å². The van der Waals surface area contributed by atoms with Gasteiger partial charge in [-0.05, 0) is 18.6 Å². The Bertz CT molecular complexity index is 200. The van der Waals surface area contributed by atoms with Crippen LogP contribution in [0.3, 0.4) is 0 Å². The topological polar surface area (TPSA) is 33.3 Å². The lowest BCUT2D eigenvalue weighted by Gasteiger charge is -2.11. The van der Waals surface area contributed by atoms with E-state index in [2.05, 4.69) is 22.3 Å². The Balaban J connectivity index is 3.28. The molecule has 0 heterocycles. The number of ether oxygens (including phenoxy) is 1. The van der Waals surface area contributed by atoms with E-state index >= 15 is 0 Å². The average Bonchev–Trinajstić information content (AvgIpc) is 2.16. The van der Waals surface area contributed by atoms with Gasteiger partial charge in [-0.25, -0.2) is 0 Å². The van der Waals surface area contributed by atoms with Gasteiger partial charge in [-0.3, -0.25) is 0 Å². The predicted molar refractivity (Wildman–Crippen MR) is 60.4 cm³/mol. The Morgan fingerprint density at radius 2 is 1.88 bits per heavy atom. The molecule has 0 unspecified atom stereocenters. The molecule has 7 heteroatoms. The van der Waals surface area contributed by atoms with Crippen LogP contribution in [-0.2, 0) is 4.74 Å². The molecule has 0 radical (unpaired) electrons. The van der Waals surface area contributed by atoms with Gasteiger partial charge in [0.1, 0.15) is 6.61 Å². The summed E-state index contributed by atoms with van der Waals surface area (Å²) in [6.07, 6.45) is -2.20. The molecule has 0 spiro atoms. The van der Waals surface area contributed by atoms with Crippen molar-refractivity contribution in [3.05, 3.63) is 0 Å². The molecule has 0 aliphatic carbocycles. The Labute approximate surface area is 98.7 Å². The van der Waals surface area contributed by atoms with E-state index in [0.29, 0.717) is 5.11 Å². The molecule has 0 rings (SSSR count). The molecule has 2 N–H and O–H groups in total. The standard InChI is InChI=1S/C9H17F3N2OS/c1-2-3-4-13-8(16)14-5-6-15-7-9(10,11)12/h2-7H2,1H3,(H2,13,14,16). The largest absolute Gasteiger partial charge is 0.411 e. The fourth-order valence-electron chi connectivity index (χ4n) is 0.866. The number of hydrogen-bond acceptors (Lipinski definition) is 2. The smallest absolute Gasteiger partial charge is 0.370 e.